The van der Waals surface area contributed by atoms with Gasteiger partial charge in [0.1, 0.15) is 11.3 Å². The molecular formula is C24H16BrNO3. The third-order valence-corrected chi connectivity index (χ3v) is 6.08. The van der Waals surface area contributed by atoms with E-state index in [9.17, 15) is 9.59 Å². The summed E-state index contributed by atoms with van der Waals surface area (Å²) < 4.78 is 7.02. The van der Waals surface area contributed by atoms with Crippen LogP contribution in [0.5, 0.6) is 0 Å². The summed E-state index contributed by atoms with van der Waals surface area (Å²) in [4.78, 5) is 28.6. The molecule has 5 heteroatoms. The number of ether oxygens (including phenoxy) is 1. The van der Waals surface area contributed by atoms with E-state index in [1.807, 2.05) is 66.7 Å². The number of anilines is 1. The van der Waals surface area contributed by atoms with E-state index in [-0.39, 0.29) is 11.7 Å². The predicted molar refractivity (Wildman–Crippen MR) is 114 cm³/mol. The zero-order valence-electron chi connectivity index (χ0n) is 15.6. The van der Waals surface area contributed by atoms with Crippen molar-refractivity contribution in [1.29, 1.82) is 0 Å². The molecule has 2 heterocycles. The van der Waals surface area contributed by atoms with Gasteiger partial charge in [-0.2, -0.15) is 0 Å². The molecule has 3 aromatic carbocycles. The summed E-state index contributed by atoms with van der Waals surface area (Å²) in [7, 11) is 1.70. The van der Waals surface area contributed by atoms with Crippen molar-refractivity contribution in [3.05, 3.63) is 106 Å². The van der Waals surface area contributed by atoms with E-state index in [1.165, 1.54) is 0 Å². The van der Waals surface area contributed by atoms with Crippen molar-refractivity contribution in [2.75, 3.05) is 11.9 Å². The highest BCUT2D eigenvalue weighted by Gasteiger charge is 2.64. The number of Topliss-reactive ketones (excluding diaryl/α,β-unsaturated/α-hetero) is 1. The number of hydrogen-bond acceptors (Lipinski definition) is 3. The van der Waals surface area contributed by atoms with Crippen LogP contribution in [0.1, 0.15) is 21.5 Å². The van der Waals surface area contributed by atoms with E-state index >= 15 is 0 Å². The van der Waals surface area contributed by atoms with Crippen molar-refractivity contribution in [2.24, 2.45) is 0 Å². The second kappa shape index (κ2) is 6.42. The third-order valence-electron chi connectivity index (χ3n) is 5.44. The molecule has 0 unspecified atom stereocenters. The Morgan fingerprint density at radius 2 is 1.59 bits per heavy atom. The molecule has 5 rings (SSSR count). The molecule has 0 saturated carbocycles. The van der Waals surface area contributed by atoms with Gasteiger partial charge in [-0.05, 0) is 22.0 Å². The fourth-order valence-electron chi connectivity index (χ4n) is 4.09. The summed E-state index contributed by atoms with van der Waals surface area (Å²) in [5, 5.41) is 0. The molecule has 29 heavy (non-hydrogen) atoms. The van der Waals surface area contributed by atoms with E-state index in [4.69, 9.17) is 4.74 Å². The number of benzene rings is 3. The van der Waals surface area contributed by atoms with E-state index in [2.05, 4.69) is 15.9 Å². The van der Waals surface area contributed by atoms with Gasteiger partial charge in [-0.25, -0.2) is 0 Å². The van der Waals surface area contributed by atoms with Gasteiger partial charge in [-0.3, -0.25) is 9.59 Å². The third kappa shape index (κ3) is 2.37. The molecule has 0 bridgehead atoms. The van der Waals surface area contributed by atoms with Crippen LogP contribution >= 0.6 is 15.9 Å². The van der Waals surface area contributed by atoms with Crippen molar-refractivity contribution in [2.45, 2.75) is 5.60 Å². The molecule has 0 saturated heterocycles. The Morgan fingerprint density at radius 3 is 2.28 bits per heavy atom. The Morgan fingerprint density at radius 1 is 0.931 bits per heavy atom. The summed E-state index contributed by atoms with van der Waals surface area (Å²) in [6.07, 6.45) is 0. The highest BCUT2D eigenvalue weighted by Crippen LogP contribution is 2.58. The molecule has 1 spiro atoms. The molecule has 2 aliphatic heterocycles. The Bertz CT molecular complexity index is 1190. The van der Waals surface area contributed by atoms with E-state index in [1.54, 1.807) is 24.1 Å². The minimum atomic E-state index is -1.42. The Labute approximate surface area is 176 Å². The molecule has 0 N–H and O–H groups in total. The number of carbonyl (C=O) groups excluding carboxylic acids is 2. The number of halogens is 1. The molecule has 142 valence electrons. The van der Waals surface area contributed by atoms with Gasteiger partial charge < -0.3 is 9.64 Å². The van der Waals surface area contributed by atoms with Gasteiger partial charge in [0.05, 0.1) is 5.69 Å². The summed E-state index contributed by atoms with van der Waals surface area (Å²) in [6, 6.07) is 24.0. The van der Waals surface area contributed by atoms with Gasteiger partial charge in [0.25, 0.3) is 5.91 Å². The lowest BCUT2D eigenvalue weighted by Gasteiger charge is -2.41. The Balaban J connectivity index is 1.78. The minimum Gasteiger partial charge on any atom is -0.466 e. The molecule has 1 amide bonds. The molecule has 3 aromatic rings. The molecule has 0 radical (unpaired) electrons. The highest BCUT2D eigenvalue weighted by atomic mass is 79.9. The Kier molecular flexibility index (Phi) is 3.96. The zero-order valence-corrected chi connectivity index (χ0v) is 17.1. The van der Waals surface area contributed by atoms with E-state index in [0.717, 1.165) is 15.7 Å². The lowest BCUT2D eigenvalue weighted by atomic mass is 9.76. The number of amides is 1. The van der Waals surface area contributed by atoms with Gasteiger partial charge in [-0.1, -0.05) is 72.8 Å². The standard InChI is InChI=1S/C24H16BrNO3/c1-26-20-17(13-8-14-18(20)25)24(23(26)28)19(21(27)15-9-4-2-5-10-15)22(29-24)16-11-6-3-7-12-16/h2-14H,1H3/t24-/m1/s1. The van der Waals surface area contributed by atoms with Crippen molar-refractivity contribution in [1.82, 2.24) is 0 Å². The second-order valence-corrected chi connectivity index (χ2v) is 7.90. The monoisotopic (exact) mass is 445 g/mol. The summed E-state index contributed by atoms with van der Waals surface area (Å²) in [5.41, 5.74) is 1.66. The van der Waals surface area contributed by atoms with Gasteiger partial charge in [-0.15, -0.1) is 0 Å². The first-order chi connectivity index (χ1) is 14.1. The fraction of sp³-hybridized carbons (Fsp3) is 0.0833. The molecule has 1 atom stereocenters. The molecular weight excluding hydrogens is 430 g/mol. The number of rotatable bonds is 3. The maximum Gasteiger partial charge on any atom is 0.280 e. The van der Waals surface area contributed by atoms with E-state index in [0.29, 0.717) is 22.5 Å². The molecule has 0 aliphatic carbocycles. The van der Waals surface area contributed by atoms with Crippen molar-refractivity contribution in [3.63, 3.8) is 0 Å². The quantitative estimate of drug-likeness (QED) is 0.536. The molecule has 0 fully saturated rings. The lowest BCUT2D eigenvalue weighted by molar-refractivity contribution is -0.134. The average molecular weight is 446 g/mol. The van der Waals surface area contributed by atoms with Crippen LogP contribution in [0.4, 0.5) is 5.69 Å². The first-order valence-electron chi connectivity index (χ1n) is 9.22. The van der Waals surface area contributed by atoms with Crippen LogP contribution in [-0.2, 0) is 15.1 Å². The first kappa shape index (κ1) is 17.9. The fourth-order valence-corrected chi connectivity index (χ4v) is 4.72. The predicted octanol–water partition coefficient (Wildman–Crippen LogP) is 4.95. The first-order valence-corrected chi connectivity index (χ1v) is 10.0. The van der Waals surface area contributed by atoms with E-state index < -0.39 is 5.60 Å². The van der Waals surface area contributed by atoms with Gasteiger partial charge >= 0.3 is 0 Å². The normalized spacial score (nSPS) is 19.8. The van der Waals surface area contributed by atoms with Crippen LogP contribution in [0.25, 0.3) is 5.76 Å². The van der Waals surface area contributed by atoms with Gasteiger partial charge in [0.15, 0.2) is 5.78 Å². The van der Waals surface area contributed by atoms with Crippen molar-refractivity contribution in [3.8, 4) is 0 Å². The van der Waals surface area contributed by atoms with Crippen molar-refractivity contribution >= 4 is 39.1 Å². The second-order valence-electron chi connectivity index (χ2n) is 7.05. The number of hydrogen-bond donors (Lipinski definition) is 0. The van der Waals surface area contributed by atoms with Crippen LogP contribution in [0.15, 0.2) is 88.9 Å². The van der Waals surface area contributed by atoms with Crippen LogP contribution < -0.4 is 4.90 Å². The smallest absolute Gasteiger partial charge is 0.280 e. The molecule has 2 aliphatic rings. The van der Waals surface area contributed by atoms with Crippen LogP contribution in [0.2, 0.25) is 0 Å². The van der Waals surface area contributed by atoms with Gasteiger partial charge in [0, 0.05) is 28.2 Å². The summed E-state index contributed by atoms with van der Waals surface area (Å²) in [5.74, 6) is -0.0160. The molecule has 0 aromatic heterocycles. The topological polar surface area (TPSA) is 46.6 Å². The van der Waals surface area contributed by atoms with Crippen LogP contribution in [0.3, 0.4) is 0 Å². The summed E-state index contributed by atoms with van der Waals surface area (Å²) >= 11 is 3.53. The largest absolute Gasteiger partial charge is 0.466 e. The zero-order chi connectivity index (χ0) is 20.2. The van der Waals surface area contributed by atoms with Gasteiger partial charge in [0.2, 0.25) is 5.60 Å². The number of likely N-dealkylation sites (N-methyl/N-ethyl adjacent to an activating group) is 1. The number of fused-ring (bicyclic) bond motifs is 2. The highest BCUT2D eigenvalue weighted by molar-refractivity contribution is 9.10. The number of nitrogens with zero attached hydrogens (tertiary/aromatic N) is 1. The summed E-state index contributed by atoms with van der Waals surface area (Å²) in [6.45, 7) is 0. The molecule has 4 nitrogen and oxygen atoms in total. The number of ketones is 1. The maximum absolute atomic E-state index is 13.6. The van der Waals surface area contributed by atoms with Crippen LogP contribution in [0, 0.1) is 0 Å². The lowest BCUT2D eigenvalue weighted by Crippen LogP contribution is -2.50. The Hall–Kier alpha value is -3.18. The average Bonchev–Trinajstić information content (AvgIpc) is 2.97. The maximum atomic E-state index is 13.6. The minimum absolute atomic E-state index is 0.203. The number of carbonyl (C=O) groups is 2. The SMILES string of the molecule is CN1C(=O)[C@@]2(OC(c3ccccc3)=C2C(=O)c2ccccc2)c2cccc(Br)c21. The number of para-hydroxylation sites is 1. The van der Waals surface area contributed by atoms with Crippen molar-refractivity contribution < 1.29 is 14.3 Å². The van der Waals surface area contributed by atoms with Crippen LogP contribution in [-0.4, -0.2) is 18.7 Å².